The van der Waals surface area contributed by atoms with Gasteiger partial charge in [-0.3, -0.25) is 0 Å². The fourth-order valence-corrected chi connectivity index (χ4v) is 24.3. The summed E-state index contributed by atoms with van der Waals surface area (Å²) in [5.41, 5.74) is 0.972. The molecule has 0 bridgehead atoms. The zero-order valence-corrected chi connectivity index (χ0v) is 18.6. The van der Waals surface area contributed by atoms with E-state index >= 15 is 0 Å². The summed E-state index contributed by atoms with van der Waals surface area (Å²) in [6, 6.07) is 9.91. The van der Waals surface area contributed by atoms with Crippen LogP contribution in [0.5, 0.6) is 0 Å². The van der Waals surface area contributed by atoms with E-state index in [4.69, 9.17) is 0 Å². The first-order chi connectivity index (χ1) is 11.1. The van der Waals surface area contributed by atoms with Crippen molar-refractivity contribution in [2.24, 2.45) is 0 Å². The van der Waals surface area contributed by atoms with E-state index in [1.54, 1.807) is 0 Å². The predicted octanol–water partition coefficient (Wildman–Crippen LogP) is 5.47. The minimum atomic E-state index is -2.90. The fraction of sp³-hybridized carbons (Fsp3) is 0.632. The van der Waals surface area contributed by atoms with Crippen LogP contribution in [-0.4, -0.2) is 29.7 Å². The van der Waals surface area contributed by atoms with Crippen LogP contribution >= 0.6 is 0 Å². The first kappa shape index (κ1) is 20.8. The Morgan fingerprint density at radius 3 is 1.61 bits per heavy atom. The third-order valence-electron chi connectivity index (χ3n) is 4.71. The van der Waals surface area contributed by atoms with Gasteiger partial charge in [-0.25, -0.2) is 0 Å². The molecular weight excluding hydrogens is 411 g/mol. The van der Waals surface area contributed by atoms with Gasteiger partial charge in [0, 0.05) is 0 Å². The summed E-state index contributed by atoms with van der Waals surface area (Å²) in [6.45, 7) is 6.64. The molecule has 2 nitrogen and oxygen atoms in total. The van der Waals surface area contributed by atoms with Crippen molar-refractivity contribution in [1.29, 1.82) is 0 Å². The van der Waals surface area contributed by atoms with Gasteiger partial charge >= 0.3 is 148 Å². The third-order valence-corrected chi connectivity index (χ3v) is 24.4. The Morgan fingerprint density at radius 2 is 1.26 bits per heavy atom. The Balaban J connectivity index is 3.38. The van der Waals surface area contributed by atoms with Gasteiger partial charge in [0.25, 0.3) is 0 Å². The molecule has 0 heterocycles. The molecule has 0 aliphatic carbocycles. The van der Waals surface area contributed by atoms with Crippen molar-refractivity contribution in [2.75, 3.05) is 0 Å². The zero-order valence-electron chi connectivity index (χ0n) is 15.0. The molecule has 0 radical (unpaired) electrons. The van der Waals surface area contributed by atoms with E-state index in [0.717, 1.165) is 27.7 Å². The molecule has 0 N–H and O–H groups in total. The standard InChI is InChI=1S/C7H5O2S.3C4H9.Sn/c8-10(9)6-7-4-2-1-3-5-7;3*1-3-4-2;/h1-5H;3*1,3-4H2,2H3;. The third kappa shape index (κ3) is 6.26. The summed E-state index contributed by atoms with van der Waals surface area (Å²) in [4.78, 5) is 0. The van der Waals surface area contributed by atoms with Crippen LogP contribution in [0.15, 0.2) is 30.3 Å². The van der Waals surface area contributed by atoms with Gasteiger partial charge in [-0.15, -0.1) is 0 Å². The van der Waals surface area contributed by atoms with Gasteiger partial charge in [-0.05, 0) is 0 Å². The second-order valence-electron chi connectivity index (χ2n) is 6.52. The number of unbranched alkanes of at least 4 members (excludes halogenated alkanes) is 3. The normalized spacial score (nSPS) is 11.4. The van der Waals surface area contributed by atoms with Crippen LogP contribution in [0, 0.1) is 0 Å². The Morgan fingerprint density at radius 1 is 0.826 bits per heavy atom. The SMILES string of the molecule is CCC[CH2][Sn]([CH2]CCC)([CH2]CCC)[C](c1ccccc1)=S(=O)=O. The average Bonchev–Trinajstić information content (AvgIpc) is 2.56. The van der Waals surface area contributed by atoms with Crippen molar-refractivity contribution >= 4 is 31.6 Å². The molecule has 0 atom stereocenters. The summed E-state index contributed by atoms with van der Waals surface area (Å²) >= 11 is -2.90. The molecule has 0 fully saturated rings. The maximum atomic E-state index is 12.3. The van der Waals surface area contributed by atoms with Crippen molar-refractivity contribution in [3.05, 3.63) is 35.9 Å². The van der Waals surface area contributed by atoms with Gasteiger partial charge in [0.2, 0.25) is 0 Å². The second-order valence-corrected chi connectivity index (χ2v) is 21.4. The molecule has 0 aromatic heterocycles. The quantitative estimate of drug-likeness (QED) is 0.336. The summed E-state index contributed by atoms with van der Waals surface area (Å²) in [5.74, 6) is 0. The van der Waals surface area contributed by atoms with Crippen LogP contribution in [-0.2, 0) is 10.3 Å². The van der Waals surface area contributed by atoms with Crippen LogP contribution in [0.2, 0.25) is 13.3 Å². The summed E-state index contributed by atoms with van der Waals surface area (Å²) < 4.78 is 28.9. The molecule has 0 spiro atoms. The molecule has 0 amide bonds. The van der Waals surface area contributed by atoms with Gasteiger partial charge < -0.3 is 0 Å². The molecule has 130 valence electrons. The van der Waals surface area contributed by atoms with Crippen LogP contribution in [0.3, 0.4) is 0 Å². The Bertz CT molecular complexity index is 549. The van der Waals surface area contributed by atoms with Gasteiger partial charge in [-0.1, -0.05) is 0 Å². The van der Waals surface area contributed by atoms with E-state index in [1.807, 2.05) is 30.3 Å². The Labute approximate surface area is 148 Å². The van der Waals surface area contributed by atoms with E-state index in [0.29, 0.717) is 0 Å². The number of rotatable bonds is 11. The average molecular weight is 443 g/mol. The zero-order chi connectivity index (χ0) is 17.1. The van der Waals surface area contributed by atoms with Gasteiger partial charge in [0.1, 0.15) is 0 Å². The summed E-state index contributed by atoms with van der Waals surface area (Å²) in [5, 5.41) is 0. The van der Waals surface area contributed by atoms with Crippen molar-refractivity contribution in [3.63, 3.8) is 0 Å². The molecule has 0 saturated carbocycles. The topological polar surface area (TPSA) is 34.1 Å². The first-order valence-electron chi connectivity index (χ1n) is 9.13. The van der Waals surface area contributed by atoms with Gasteiger partial charge in [0.05, 0.1) is 0 Å². The molecule has 1 rings (SSSR count). The van der Waals surface area contributed by atoms with Gasteiger partial charge in [0.15, 0.2) is 0 Å². The monoisotopic (exact) mass is 444 g/mol. The Kier molecular flexibility index (Phi) is 10.2. The van der Waals surface area contributed by atoms with Crippen molar-refractivity contribution in [2.45, 2.75) is 72.6 Å². The molecule has 0 aliphatic heterocycles. The number of hydrogen-bond donors (Lipinski definition) is 0. The van der Waals surface area contributed by atoms with E-state index in [2.05, 4.69) is 20.8 Å². The fourth-order valence-electron chi connectivity index (χ4n) is 3.43. The molecule has 4 heteroatoms. The Hall–Kier alpha value is -0.291. The molecule has 1 aromatic rings. The van der Waals surface area contributed by atoms with E-state index in [1.165, 1.54) is 32.6 Å². The molecule has 0 aliphatic rings. The van der Waals surface area contributed by atoms with Crippen LogP contribution in [0.1, 0.15) is 64.9 Å². The summed E-state index contributed by atoms with van der Waals surface area (Å²) in [6.07, 6.45) is 7.00. The molecule has 0 unspecified atom stereocenters. The molecule has 1 aromatic carbocycles. The van der Waals surface area contributed by atoms with Crippen molar-refractivity contribution in [3.8, 4) is 0 Å². The van der Waals surface area contributed by atoms with E-state index in [-0.39, 0.29) is 0 Å². The molecular formula is C19H32O2SSn. The maximum absolute atomic E-state index is 12.3. The van der Waals surface area contributed by atoms with Crippen molar-refractivity contribution < 1.29 is 8.42 Å². The first-order valence-corrected chi connectivity index (χ1v) is 17.7. The van der Waals surface area contributed by atoms with Gasteiger partial charge in [-0.2, -0.15) is 0 Å². The van der Waals surface area contributed by atoms with E-state index < -0.39 is 28.7 Å². The van der Waals surface area contributed by atoms with E-state index in [9.17, 15) is 8.42 Å². The van der Waals surface area contributed by atoms with Crippen molar-refractivity contribution in [1.82, 2.24) is 0 Å². The molecule has 0 saturated heterocycles. The van der Waals surface area contributed by atoms with Crippen LogP contribution in [0.4, 0.5) is 0 Å². The number of hydrogen-bond acceptors (Lipinski definition) is 2. The minimum absolute atomic E-state index is 0.857. The summed E-state index contributed by atoms with van der Waals surface area (Å²) in [7, 11) is -2.07. The van der Waals surface area contributed by atoms with Crippen LogP contribution in [0.25, 0.3) is 0 Å². The van der Waals surface area contributed by atoms with Crippen LogP contribution < -0.4 is 0 Å². The molecule has 23 heavy (non-hydrogen) atoms. The second kappa shape index (κ2) is 11.3. The predicted molar refractivity (Wildman–Crippen MR) is 104 cm³/mol. The number of benzene rings is 1.